The maximum absolute atomic E-state index is 13.2. The maximum Gasteiger partial charge on any atom is 0.254 e. The Hall–Kier alpha value is -3.67. The van der Waals surface area contributed by atoms with Crippen LogP contribution in [0.3, 0.4) is 0 Å². The van der Waals surface area contributed by atoms with E-state index in [-0.39, 0.29) is 17.8 Å². The second-order valence-corrected chi connectivity index (χ2v) is 8.26. The lowest BCUT2D eigenvalue weighted by Crippen LogP contribution is -2.32. The van der Waals surface area contributed by atoms with E-state index >= 15 is 0 Å². The quantitative estimate of drug-likeness (QED) is 0.407. The molecule has 1 aliphatic rings. The Balaban J connectivity index is 1.25. The Morgan fingerprint density at radius 2 is 1.88 bits per heavy atom. The Bertz CT molecular complexity index is 1240. The van der Waals surface area contributed by atoms with Crippen molar-refractivity contribution in [2.24, 2.45) is 0 Å². The van der Waals surface area contributed by atoms with Gasteiger partial charge in [0.05, 0.1) is 5.69 Å². The third-order valence-corrected chi connectivity index (χ3v) is 5.73. The van der Waals surface area contributed by atoms with Gasteiger partial charge in [0.2, 0.25) is 0 Å². The van der Waals surface area contributed by atoms with Crippen LogP contribution in [0.1, 0.15) is 40.0 Å². The minimum Gasteiger partial charge on any atom is -0.487 e. The number of pyridine rings is 1. The van der Waals surface area contributed by atoms with E-state index in [1.807, 2.05) is 52.9 Å². The van der Waals surface area contributed by atoms with Gasteiger partial charge in [-0.3, -0.25) is 4.79 Å². The molecule has 2 aromatic carbocycles. The molecule has 2 aromatic heterocycles. The van der Waals surface area contributed by atoms with E-state index in [4.69, 9.17) is 4.74 Å². The number of fused-ring (bicyclic) bond motifs is 1. The van der Waals surface area contributed by atoms with Crippen LogP contribution in [0, 0.1) is 12.7 Å². The summed E-state index contributed by atoms with van der Waals surface area (Å²) in [6, 6.07) is 17.8. The van der Waals surface area contributed by atoms with Gasteiger partial charge in [-0.1, -0.05) is 18.2 Å². The number of halogens is 1. The van der Waals surface area contributed by atoms with Crippen molar-refractivity contribution in [3.8, 4) is 5.75 Å². The highest BCUT2D eigenvalue weighted by Crippen LogP contribution is 2.30. The number of aryl methyl sites for hydroxylation is 1. The largest absolute Gasteiger partial charge is 0.487 e. The molecule has 4 aromatic rings. The summed E-state index contributed by atoms with van der Waals surface area (Å²) >= 11 is 0. The fraction of sp³-hybridized carbons (Fsp3) is 0.231. The normalized spacial score (nSPS) is 13.3. The minimum atomic E-state index is -0.271. The molecule has 1 fully saturated rings. The predicted octanol–water partition coefficient (Wildman–Crippen LogP) is 5.17. The lowest BCUT2D eigenvalue weighted by Gasteiger charge is -2.23. The van der Waals surface area contributed by atoms with Gasteiger partial charge in [-0.25, -0.2) is 9.37 Å². The van der Waals surface area contributed by atoms with Gasteiger partial charge in [-0.2, -0.15) is 0 Å². The smallest absolute Gasteiger partial charge is 0.254 e. The molecule has 1 saturated carbocycles. The first-order valence-electron chi connectivity index (χ1n) is 10.8. The summed E-state index contributed by atoms with van der Waals surface area (Å²) in [7, 11) is 0. The molecular formula is C26H24FN3O2. The average Bonchev–Trinajstić information content (AvgIpc) is 3.56. The molecule has 0 N–H and O–H groups in total. The summed E-state index contributed by atoms with van der Waals surface area (Å²) < 4.78 is 21.1. The molecular weight excluding hydrogens is 405 g/mol. The van der Waals surface area contributed by atoms with Crippen molar-refractivity contribution in [1.82, 2.24) is 14.3 Å². The number of rotatable bonds is 7. The van der Waals surface area contributed by atoms with Crippen molar-refractivity contribution >= 4 is 11.6 Å². The van der Waals surface area contributed by atoms with E-state index in [1.165, 1.54) is 12.1 Å². The third kappa shape index (κ3) is 4.35. The molecule has 2 heterocycles. The molecule has 0 saturated heterocycles. The van der Waals surface area contributed by atoms with Crippen LogP contribution in [0.2, 0.25) is 0 Å². The zero-order valence-corrected chi connectivity index (χ0v) is 17.9. The number of hydrogen-bond acceptors (Lipinski definition) is 3. The summed E-state index contributed by atoms with van der Waals surface area (Å²) in [5.41, 5.74) is 4.43. The van der Waals surface area contributed by atoms with E-state index in [1.54, 1.807) is 24.3 Å². The van der Waals surface area contributed by atoms with Crippen LogP contribution in [-0.2, 0) is 13.2 Å². The van der Waals surface area contributed by atoms with Crippen LogP contribution < -0.4 is 4.74 Å². The zero-order chi connectivity index (χ0) is 22.1. The fourth-order valence-electron chi connectivity index (χ4n) is 3.83. The highest BCUT2D eigenvalue weighted by Gasteiger charge is 2.33. The van der Waals surface area contributed by atoms with Crippen LogP contribution >= 0.6 is 0 Å². The van der Waals surface area contributed by atoms with Gasteiger partial charge in [0.25, 0.3) is 5.91 Å². The lowest BCUT2D eigenvalue weighted by atomic mass is 10.1. The summed E-state index contributed by atoms with van der Waals surface area (Å²) in [4.78, 5) is 19.6. The Morgan fingerprint density at radius 3 is 2.56 bits per heavy atom. The van der Waals surface area contributed by atoms with Crippen molar-refractivity contribution in [3.63, 3.8) is 0 Å². The maximum atomic E-state index is 13.2. The molecule has 0 unspecified atom stereocenters. The van der Waals surface area contributed by atoms with E-state index in [0.717, 1.165) is 35.3 Å². The van der Waals surface area contributed by atoms with Gasteiger partial charge in [-0.05, 0) is 73.4 Å². The molecule has 0 spiro atoms. The molecule has 162 valence electrons. The molecule has 0 bridgehead atoms. The molecule has 32 heavy (non-hydrogen) atoms. The summed E-state index contributed by atoms with van der Waals surface area (Å²) in [5, 5.41) is 0. The van der Waals surface area contributed by atoms with Crippen LogP contribution in [-0.4, -0.2) is 26.2 Å². The molecule has 0 aliphatic heterocycles. The molecule has 5 nitrogen and oxygen atoms in total. The van der Waals surface area contributed by atoms with Crippen LogP contribution in [0.5, 0.6) is 5.75 Å². The van der Waals surface area contributed by atoms with Gasteiger partial charge in [-0.15, -0.1) is 0 Å². The number of hydrogen-bond donors (Lipinski definition) is 0. The van der Waals surface area contributed by atoms with Crippen molar-refractivity contribution in [1.29, 1.82) is 0 Å². The van der Waals surface area contributed by atoms with Crippen LogP contribution in [0.25, 0.3) is 5.65 Å². The number of aromatic nitrogens is 2. The molecule has 5 rings (SSSR count). The average molecular weight is 429 g/mol. The van der Waals surface area contributed by atoms with E-state index in [9.17, 15) is 9.18 Å². The van der Waals surface area contributed by atoms with Crippen molar-refractivity contribution < 1.29 is 13.9 Å². The van der Waals surface area contributed by atoms with E-state index in [0.29, 0.717) is 24.5 Å². The van der Waals surface area contributed by atoms with Gasteiger partial charge in [0.1, 0.15) is 23.8 Å². The van der Waals surface area contributed by atoms with Gasteiger partial charge in [0.15, 0.2) is 0 Å². The van der Waals surface area contributed by atoms with Crippen molar-refractivity contribution in [3.05, 3.63) is 101 Å². The molecule has 1 aliphatic carbocycles. The second-order valence-electron chi connectivity index (χ2n) is 8.26. The van der Waals surface area contributed by atoms with E-state index < -0.39 is 0 Å². The predicted molar refractivity (Wildman–Crippen MR) is 120 cm³/mol. The van der Waals surface area contributed by atoms with Gasteiger partial charge >= 0.3 is 0 Å². The monoisotopic (exact) mass is 429 g/mol. The first-order valence-corrected chi connectivity index (χ1v) is 10.8. The first-order chi connectivity index (χ1) is 15.6. The highest BCUT2D eigenvalue weighted by atomic mass is 19.1. The number of imidazole rings is 1. The SMILES string of the molecule is Cc1cccn2cc(COc3ccc(C(=O)N(Cc4ccc(F)cc4)C4CC4)cc3)nc12. The van der Waals surface area contributed by atoms with Crippen molar-refractivity contribution in [2.45, 2.75) is 39.0 Å². The number of ether oxygens (including phenoxy) is 1. The number of nitrogens with zero attached hydrogens (tertiary/aromatic N) is 3. The first kappa shape index (κ1) is 20.2. The fourth-order valence-corrected chi connectivity index (χ4v) is 3.83. The van der Waals surface area contributed by atoms with E-state index in [2.05, 4.69) is 4.98 Å². The minimum absolute atomic E-state index is 0.0146. The number of benzene rings is 2. The van der Waals surface area contributed by atoms with Crippen molar-refractivity contribution in [2.75, 3.05) is 0 Å². The summed E-state index contributed by atoms with van der Waals surface area (Å²) in [6.45, 7) is 2.87. The van der Waals surface area contributed by atoms with Crippen LogP contribution in [0.4, 0.5) is 4.39 Å². The Labute approximate surface area is 186 Å². The molecule has 0 radical (unpaired) electrons. The molecule has 1 amide bonds. The topological polar surface area (TPSA) is 46.8 Å². The standard InChI is InChI=1S/C26H24FN3O2/c1-18-3-2-14-29-16-22(28-25(18)29)17-32-24-12-6-20(7-13-24)26(31)30(23-10-11-23)15-19-4-8-21(27)9-5-19/h2-9,12-14,16,23H,10-11,15,17H2,1H3. The third-order valence-electron chi connectivity index (χ3n) is 5.73. The Kier molecular flexibility index (Phi) is 5.35. The Morgan fingerprint density at radius 1 is 1.12 bits per heavy atom. The number of carbonyl (C=O) groups excluding carboxylic acids is 1. The highest BCUT2D eigenvalue weighted by molar-refractivity contribution is 5.94. The summed E-state index contributed by atoms with van der Waals surface area (Å²) in [6.07, 6.45) is 5.94. The number of amides is 1. The summed E-state index contributed by atoms with van der Waals surface area (Å²) in [5.74, 6) is 0.401. The van der Waals surface area contributed by atoms with Crippen LogP contribution in [0.15, 0.2) is 73.1 Å². The lowest BCUT2D eigenvalue weighted by molar-refractivity contribution is 0.0730. The van der Waals surface area contributed by atoms with Gasteiger partial charge in [0, 0.05) is 30.5 Å². The molecule has 6 heteroatoms. The second kappa shape index (κ2) is 8.46. The zero-order valence-electron chi connectivity index (χ0n) is 17.9. The molecule has 0 atom stereocenters. The van der Waals surface area contributed by atoms with Gasteiger partial charge < -0.3 is 14.0 Å². The number of carbonyl (C=O) groups is 1.